The maximum Gasteiger partial charge on any atom is 0.325 e. The van der Waals surface area contributed by atoms with Crippen LogP contribution in [0.2, 0.25) is 0 Å². The third-order valence-electron chi connectivity index (χ3n) is 3.81. The van der Waals surface area contributed by atoms with Gasteiger partial charge in [-0.1, -0.05) is 12.1 Å². The predicted octanol–water partition coefficient (Wildman–Crippen LogP) is 2.00. The Morgan fingerprint density at radius 2 is 2.05 bits per heavy atom. The SMILES string of the molecule is Cc1ccc2cc(C(C(=O)O)N3CCOCC3)ccc2n1. The molecular weight excluding hydrogens is 268 g/mol. The Labute approximate surface area is 123 Å². The Morgan fingerprint density at radius 3 is 2.76 bits per heavy atom. The predicted molar refractivity (Wildman–Crippen MR) is 79.2 cm³/mol. The lowest BCUT2D eigenvalue weighted by atomic mass is 10.0. The smallest absolute Gasteiger partial charge is 0.325 e. The lowest BCUT2D eigenvalue weighted by Crippen LogP contribution is -2.42. The number of fused-ring (bicyclic) bond motifs is 1. The van der Waals surface area contributed by atoms with Crippen molar-refractivity contribution in [3.05, 3.63) is 41.6 Å². The van der Waals surface area contributed by atoms with Gasteiger partial charge in [-0.2, -0.15) is 0 Å². The van der Waals surface area contributed by atoms with Gasteiger partial charge in [0.1, 0.15) is 6.04 Å². The summed E-state index contributed by atoms with van der Waals surface area (Å²) in [6, 6.07) is 8.99. The van der Waals surface area contributed by atoms with E-state index in [2.05, 4.69) is 4.98 Å². The second kappa shape index (κ2) is 5.79. The van der Waals surface area contributed by atoms with E-state index in [9.17, 15) is 9.90 Å². The van der Waals surface area contributed by atoms with Gasteiger partial charge in [0.2, 0.25) is 0 Å². The molecule has 1 aliphatic heterocycles. The van der Waals surface area contributed by atoms with Crippen LogP contribution in [-0.4, -0.2) is 47.3 Å². The molecule has 1 unspecified atom stereocenters. The van der Waals surface area contributed by atoms with Gasteiger partial charge in [-0.15, -0.1) is 0 Å². The minimum Gasteiger partial charge on any atom is -0.480 e. The maximum atomic E-state index is 11.7. The van der Waals surface area contributed by atoms with Crippen molar-refractivity contribution in [3.63, 3.8) is 0 Å². The van der Waals surface area contributed by atoms with Crippen LogP contribution < -0.4 is 0 Å². The highest BCUT2D eigenvalue weighted by Crippen LogP contribution is 2.25. The van der Waals surface area contributed by atoms with E-state index in [0.717, 1.165) is 22.2 Å². The number of hydrogen-bond acceptors (Lipinski definition) is 4. The molecule has 0 radical (unpaired) electrons. The Morgan fingerprint density at radius 1 is 1.29 bits per heavy atom. The van der Waals surface area contributed by atoms with E-state index in [1.807, 2.05) is 42.2 Å². The summed E-state index contributed by atoms with van der Waals surface area (Å²) < 4.78 is 5.30. The van der Waals surface area contributed by atoms with Crippen molar-refractivity contribution in [1.29, 1.82) is 0 Å². The molecule has 0 aliphatic carbocycles. The molecule has 21 heavy (non-hydrogen) atoms. The number of hydrogen-bond donors (Lipinski definition) is 1. The molecule has 1 N–H and O–H groups in total. The van der Waals surface area contributed by atoms with E-state index in [4.69, 9.17) is 4.74 Å². The Balaban J connectivity index is 1.98. The van der Waals surface area contributed by atoms with Gasteiger partial charge in [0.05, 0.1) is 18.7 Å². The molecule has 1 aromatic heterocycles. The van der Waals surface area contributed by atoms with Gasteiger partial charge in [-0.3, -0.25) is 14.7 Å². The number of morpholine rings is 1. The van der Waals surface area contributed by atoms with E-state index in [1.165, 1.54) is 0 Å². The first-order chi connectivity index (χ1) is 10.1. The van der Waals surface area contributed by atoms with Gasteiger partial charge in [-0.25, -0.2) is 0 Å². The zero-order valence-electron chi connectivity index (χ0n) is 12.0. The van der Waals surface area contributed by atoms with Crippen LogP contribution in [-0.2, 0) is 9.53 Å². The molecule has 0 amide bonds. The van der Waals surface area contributed by atoms with E-state index >= 15 is 0 Å². The third-order valence-corrected chi connectivity index (χ3v) is 3.81. The highest BCUT2D eigenvalue weighted by molar-refractivity contribution is 5.82. The quantitative estimate of drug-likeness (QED) is 0.935. The molecule has 5 heteroatoms. The summed E-state index contributed by atoms with van der Waals surface area (Å²) in [4.78, 5) is 18.1. The molecule has 1 aliphatic rings. The van der Waals surface area contributed by atoms with Gasteiger partial charge in [0, 0.05) is 24.2 Å². The average Bonchev–Trinajstić information content (AvgIpc) is 2.48. The molecule has 110 valence electrons. The largest absolute Gasteiger partial charge is 0.480 e. The number of benzene rings is 1. The topological polar surface area (TPSA) is 62.7 Å². The molecule has 1 aromatic carbocycles. The van der Waals surface area contributed by atoms with Crippen molar-refractivity contribution in [2.24, 2.45) is 0 Å². The molecule has 2 aromatic rings. The minimum absolute atomic E-state index is 0.581. The first-order valence-electron chi connectivity index (χ1n) is 7.07. The molecule has 2 heterocycles. The Kier molecular flexibility index (Phi) is 3.86. The summed E-state index contributed by atoms with van der Waals surface area (Å²) in [7, 11) is 0. The summed E-state index contributed by atoms with van der Waals surface area (Å²) in [6.07, 6.45) is 0. The normalized spacial score (nSPS) is 17.8. The average molecular weight is 286 g/mol. The first kappa shape index (κ1) is 14.0. The molecule has 0 bridgehead atoms. The van der Waals surface area contributed by atoms with Crippen molar-refractivity contribution < 1.29 is 14.6 Å². The lowest BCUT2D eigenvalue weighted by molar-refractivity contribution is -0.145. The molecule has 1 atom stereocenters. The lowest BCUT2D eigenvalue weighted by Gasteiger charge is -2.32. The van der Waals surface area contributed by atoms with Gasteiger partial charge < -0.3 is 9.84 Å². The van der Waals surface area contributed by atoms with E-state index in [0.29, 0.717) is 26.3 Å². The number of carboxylic acid groups (broad SMARTS) is 1. The number of pyridine rings is 1. The highest BCUT2D eigenvalue weighted by atomic mass is 16.5. The van der Waals surface area contributed by atoms with E-state index < -0.39 is 12.0 Å². The van der Waals surface area contributed by atoms with Crippen molar-refractivity contribution in [2.75, 3.05) is 26.3 Å². The van der Waals surface area contributed by atoms with Crippen LogP contribution in [0, 0.1) is 6.92 Å². The van der Waals surface area contributed by atoms with Gasteiger partial charge in [-0.05, 0) is 30.7 Å². The number of carbonyl (C=O) groups is 1. The molecule has 0 saturated carbocycles. The van der Waals surface area contributed by atoms with Crippen molar-refractivity contribution in [1.82, 2.24) is 9.88 Å². The zero-order valence-corrected chi connectivity index (χ0v) is 12.0. The number of ether oxygens (including phenoxy) is 1. The van der Waals surface area contributed by atoms with Crippen LogP contribution in [0.5, 0.6) is 0 Å². The van der Waals surface area contributed by atoms with Crippen molar-refractivity contribution in [2.45, 2.75) is 13.0 Å². The van der Waals surface area contributed by atoms with Crippen molar-refractivity contribution >= 4 is 16.9 Å². The number of aromatic nitrogens is 1. The summed E-state index contributed by atoms with van der Waals surface area (Å²) >= 11 is 0. The molecule has 0 spiro atoms. The van der Waals surface area contributed by atoms with Crippen LogP contribution in [0.4, 0.5) is 0 Å². The van der Waals surface area contributed by atoms with Gasteiger partial charge >= 0.3 is 5.97 Å². The fourth-order valence-electron chi connectivity index (χ4n) is 2.76. The summed E-state index contributed by atoms with van der Waals surface area (Å²) in [5.74, 6) is -0.823. The Bertz CT molecular complexity index is 666. The number of nitrogens with zero attached hydrogens (tertiary/aromatic N) is 2. The second-order valence-electron chi connectivity index (χ2n) is 5.29. The minimum atomic E-state index is -0.823. The molecule has 5 nitrogen and oxygen atoms in total. The van der Waals surface area contributed by atoms with Crippen LogP contribution >= 0.6 is 0 Å². The first-order valence-corrected chi connectivity index (χ1v) is 7.07. The van der Waals surface area contributed by atoms with Crippen molar-refractivity contribution in [3.8, 4) is 0 Å². The fourth-order valence-corrected chi connectivity index (χ4v) is 2.76. The summed E-state index contributed by atoms with van der Waals surface area (Å²) in [6.45, 7) is 4.39. The van der Waals surface area contributed by atoms with Crippen LogP contribution in [0.25, 0.3) is 10.9 Å². The van der Waals surface area contributed by atoms with E-state index in [1.54, 1.807) is 0 Å². The number of rotatable bonds is 3. The Hall–Kier alpha value is -1.98. The van der Waals surface area contributed by atoms with E-state index in [-0.39, 0.29) is 0 Å². The van der Waals surface area contributed by atoms with Crippen LogP contribution in [0.3, 0.4) is 0 Å². The van der Waals surface area contributed by atoms with Crippen LogP contribution in [0.15, 0.2) is 30.3 Å². The van der Waals surface area contributed by atoms with Gasteiger partial charge in [0.25, 0.3) is 0 Å². The standard InChI is InChI=1S/C16H18N2O3/c1-11-2-3-12-10-13(4-5-14(12)17-11)15(16(19)20)18-6-8-21-9-7-18/h2-5,10,15H,6-9H2,1H3,(H,19,20). The monoisotopic (exact) mass is 286 g/mol. The summed E-state index contributed by atoms with van der Waals surface area (Å²) in [5, 5.41) is 10.6. The molecule has 1 saturated heterocycles. The number of aryl methyl sites for hydroxylation is 1. The second-order valence-corrected chi connectivity index (χ2v) is 5.29. The highest BCUT2D eigenvalue weighted by Gasteiger charge is 2.28. The fraction of sp³-hybridized carbons (Fsp3) is 0.375. The number of carboxylic acids is 1. The third kappa shape index (κ3) is 2.89. The summed E-state index contributed by atoms with van der Waals surface area (Å²) in [5.41, 5.74) is 2.64. The molecular formula is C16H18N2O3. The maximum absolute atomic E-state index is 11.7. The van der Waals surface area contributed by atoms with Crippen LogP contribution in [0.1, 0.15) is 17.3 Å². The molecule has 1 fully saturated rings. The molecule has 3 rings (SSSR count). The number of aliphatic carboxylic acids is 1. The zero-order chi connectivity index (χ0) is 14.8. The van der Waals surface area contributed by atoms with Gasteiger partial charge in [0.15, 0.2) is 0 Å².